The molecule has 116 valence electrons. The average Bonchev–Trinajstić information content (AvgIpc) is 3.08. The summed E-state index contributed by atoms with van der Waals surface area (Å²) < 4.78 is 0. The van der Waals surface area contributed by atoms with Crippen molar-refractivity contribution in [1.82, 2.24) is 4.98 Å². The molecule has 0 amide bonds. The Morgan fingerprint density at radius 1 is 1.05 bits per heavy atom. The Kier molecular flexibility index (Phi) is 7.32. The van der Waals surface area contributed by atoms with Gasteiger partial charge in [-0.15, -0.1) is 0 Å². The molecule has 0 aliphatic heterocycles. The summed E-state index contributed by atoms with van der Waals surface area (Å²) in [6.07, 6.45) is 5.36. The predicted octanol–water partition coefficient (Wildman–Crippen LogP) is 5.47. The zero-order valence-electron chi connectivity index (χ0n) is 14.4. The van der Waals surface area contributed by atoms with Crippen molar-refractivity contribution in [1.29, 1.82) is 5.26 Å². The fraction of sp³-hybridized carbons (Fsp3) is 0.400. The van der Waals surface area contributed by atoms with E-state index in [9.17, 15) is 0 Å². The first kappa shape index (κ1) is 17.9. The van der Waals surface area contributed by atoms with Crippen molar-refractivity contribution in [3.8, 4) is 17.2 Å². The van der Waals surface area contributed by atoms with E-state index in [4.69, 9.17) is 5.26 Å². The van der Waals surface area contributed by atoms with E-state index in [-0.39, 0.29) is 0 Å². The summed E-state index contributed by atoms with van der Waals surface area (Å²) in [5, 5.41) is 8.92. The third-order valence-corrected chi connectivity index (χ3v) is 3.75. The third kappa shape index (κ3) is 3.74. The molecule has 0 radical (unpaired) electrons. The van der Waals surface area contributed by atoms with Crippen LogP contribution in [0.15, 0.2) is 30.5 Å². The van der Waals surface area contributed by atoms with E-state index in [0.29, 0.717) is 5.69 Å². The average molecular weight is 294 g/mol. The van der Waals surface area contributed by atoms with Crippen LogP contribution in [0.4, 0.5) is 0 Å². The zero-order chi connectivity index (χ0) is 16.5. The van der Waals surface area contributed by atoms with Crippen molar-refractivity contribution in [2.75, 3.05) is 0 Å². The molecule has 0 N–H and O–H groups in total. The lowest BCUT2D eigenvalue weighted by Gasteiger charge is -2.11. The maximum Gasteiger partial charge on any atom is 0.141 e. The van der Waals surface area contributed by atoms with E-state index in [2.05, 4.69) is 30.1 Å². The first-order valence-corrected chi connectivity index (χ1v) is 8.27. The molecule has 2 aromatic rings. The van der Waals surface area contributed by atoms with Crippen LogP contribution in [0.25, 0.3) is 11.1 Å². The molecule has 3 rings (SSSR count). The van der Waals surface area contributed by atoms with Gasteiger partial charge in [0.2, 0.25) is 0 Å². The van der Waals surface area contributed by atoms with Crippen LogP contribution < -0.4 is 0 Å². The van der Waals surface area contributed by atoms with Gasteiger partial charge in [0.05, 0.1) is 0 Å². The highest BCUT2D eigenvalue weighted by Crippen LogP contribution is 2.32. The standard InChI is InChI=1S/C16H14N2.2C2H6/c1-11-15-4-2-3-12(15)5-6-16(11)13-7-8-18-14(9-13)10-17;2*1-2/h5-9H,2-4H2,1H3;2*1-2H3. The van der Waals surface area contributed by atoms with Crippen molar-refractivity contribution < 1.29 is 0 Å². The number of aryl methyl sites for hydroxylation is 1. The van der Waals surface area contributed by atoms with E-state index >= 15 is 0 Å². The van der Waals surface area contributed by atoms with Crippen LogP contribution in [0.3, 0.4) is 0 Å². The van der Waals surface area contributed by atoms with Crippen molar-refractivity contribution in [2.24, 2.45) is 0 Å². The van der Waals surface area contributed by atoms with Gasteiger partial charge in [0, 0.05) is 6.20 Å². The number of hydrogen-bond donors (Lipinski definition) is 0. The molecule has 0 bridgehead atoms. The molecule has 1 aromatic carbocycles. The summed E-state index contributed by atoms with van der Waals surface area (Å²) in [5.41, 5.74) is 7.16. The summed E-state index contributed by atoms with van der Waals surface area (Å²) in [5.74, 6) is 0. The van der Waals surface area contributed by atoms with E-state index in [1.54, 1.807) is 6.20 Å². The molecule has 0 saturated carbocycles. The smallest absolute Gasteiger partial charge is 0.141 e. The number of benzene rings is 1. The van der Waals surface area contributed by atoms with Gasteiger partial charge in [0.25, 0.3) is 0 Å². The molecule has 1 aliphatic rings. The Hall–Kier alpha value is -2.14. The Morgan fingerprint density at radius 3 is 2.45 bits per heavy atom. The highest BCUT2D eigenvalue weighted by atomic mass is 14.7. The number of nitrogens with zero attached hydrogens (tertiary/aromatic N) is 2. The summed E-state index contributed by atoms with van der Waals surface area (Å²) in [4.78, 5) is 4.02. The molecule has 22 heavy (non-hydrogen) atoms. The minimum absolute atomic E-state index is 0.479. The second kappa shape index (κ2) is 9.00. The number of hydrogen-bond acceptors (Lipinski definition) is 2. The molecule has 2 nitrogen and oxygen atoms in total. The first-order chi connectivity index (χ1) is 10.8. The molecular formula is C20H26N2. The molecule has 0 fully saturated rings. The van der Waals surface area contributed by atoms with Gasteiger partial charge < -0.3 is 0 Å². The molecule has 0 atom stereocenters. The van der Waals surface area contributed by atoms with Crippen molar-refractivity contribution >= 4 is 0 Å². The second-order valence-corrected chi connectivity index (χ2v) is 4.77. The van der Waals surface area contributed by atoms with Crippen LogP contribution in [-0.2, 0) is 12.8 Å². The minimum Gasteiger partial charge on any atom is -0.246 e. The maximum absolute atomic E-state index is 8.92. The quantitative estimate of drug-likeness (QED) is 0.699. The zero-order valence-corrected chi connectivity index (χ0v) is 14.4. The fourth-order valence-corrected chi connectivity index (χ4v) is 2.82. The van der Waals surface area contributed by atoms with Gasteiger partial charge in [-0.2, -0.15) is 5.26 Å². The van der Waals surface area contributed by atoms with Gasteiger partial charge >= 0.3 is 0 Å². The lowest BCUT2D eigenvalue weighted by molar-refractivity contribution is 0.909. The van der Waals surface area contributed by atoms with E-state index < -0.39 is 0 Å². The van der Waals surface area contributed by atoms with Crippen molar-refractivity contribution in [2.45, 2.75) is 53.9 Å². The van der Waals surface area contributed by atoms with Crippen LogP contribution in [0.2, 0.25) is 0 Å². The van der Waals surface area contributed by atoms with Crippen LogP contribution in [0.1, 0.15) is 56.5 Å². The Balaban J connectivity index is 0.000000561. The van der Waals surface area contributed by atoms with Gasteiger partial charge in [-0.25, -0.2) is 4.98 Å². The normalized spacial score (nSPS) is 11.3. The SMILES string of the molecule is CC.CC.Cc1c(-c2ccnc(C#N)c2)ccc2c1CCC2. The van der Waals surface area contributed by atoms with Crippen molar-refractivity contribution in [3.05, 3.63) is 52.8 Å². The lowest BCUT2D eigenvalue weighted by atomic mass is 9.94. The summed E-state index contributed by atoms with van der Waals surface area (Å²) in [6.45, 7) is 10.2. The Bertz CT molecular complexity index is 651. The van der Waals surface area contributed by atoms with Gasteiger partial charge in [0.1, 0.15) is 11.8 Å². The monoisotopic (exact) mass is 294 g/mol. The molecule has 0 unspecified atom stereocenters. The van der Waals surface area contributed by atoms with Gasteiger partial charge in [-0.1, -0.05) is 39.8 Å². The number of rotatable bonds is 1. The van der Waals surface area contributed by atoms with E-state index in [1.807, 2.05) is 39.8 Å². The molecule has 0 saturated heterocycles. The molecular weight excluding hydrogens is 268 g/mol. The van der Waals surface area contributed by atoms with Crippen LogP contribution >= 0.6 is 0 Å². The first-order valence-electron chi connectivity index (χ1n) is 8.27. The van der Waals surface area contributed by atoms with Gasteiger partial charge in [-0.05, 0) is 66.1 Å². The summed E-state index contributed by atoms with van der Waals surface area (Å²) in [7, 11) is 0. The fourth-order valence-electron chi connectivity index (χ4n) is 2.82. The second-order valence-electron chi connectivity index (χ2n) is 4.77. The Morgan fingerprint density at radius 2 is 1.77 bits per heavy atom. The van der Waals surface area contributed by atoms with Crippen LogP contribution in [0.5, 0.6) is 0 Å². The highest BCUT2D eigenvalue weighted by molar-refractivity contribution is 5.70. The molecule has 1 heterocycles. The lowest BCUT2D eigenvalue weighted by Crippen LogP contribution is -1.93. The van der Waals surface area contributed by atoms with E-state index in [0.717, 1.165) is 5.56 Å². The molecule has 2 heteroatoms. The Labute approximate surface area is 134 Å². The molecule has 1 aliphatic carbocycles. The summed E-state index contributed by atoms with van der Waals surface area (Å²) >= 11 is 0. The number of nitriles is 1. The number of fused-ring (bicyclic) bond motifs is 1. The summed E-state index contributed by atoms with van der Waals surface area (Å²) in [6, 6.07) is 10.3. The topological polar surface area (TPSA) is 36.7 Å². The third-order valence-electron chi connectivity index (χ3n) is 3.75. The van der Waals surface area contributed by atoms with Gasteiger partial charge in [-0.3, -0.25) is 0 Å². The minimum atomic E-state index is 0.479. The highest BCUT2D eigenvalue weighted by Gasteiger charge is 2.15. The largest absolute Gasteiger partial charge is 0.246 e. The van der Waals surface area contributed by atoms with Crippen LogP contribution in [-0.4, -0.2) is 4.98 Å². The molecule has 1 aromatic heterocycles. The van der Waals surface area contributed by atoms with E-state index in [1.165, 1.54) is 41.5 Å². The predicted molar refractivity (Wildman–Crippen MR) is 93.8 cm³/mol. The number of aromatic nitrogens is 1. The maximum atomic E-state index is 8.92. The molecule has 0 spiro atoms. The van der Waals surface area contributed by atoms with Gasteiger partial charge in [0.15, 0.2) is 0 Å². The van der Waals surface area contributed by atoms with Crippen LogP contribution in [0, 0.1) is 18.3 Å². The van der Waals surface area contributed by atoms with Crippen molar-refractivity contribution in [3.63, 3.8) is 0 Å². The number of pyridine rings is 1.